The molecule has 0 amide bonds. The summed E-state index contributed by atoms with van der Waals surface area (Å²) in [7, 11) is 0. The Labute approximate surface area is 90.5 Å². The van der Waals surface area contributed by atoms with Crippen molar-refractivity contribution in [2.75, 3.05) is 13.2 Å². The van der Waals surface area contributed by atoms with E-state index in [1.807, 2.05) is 0 Å². The number of carbonyl (C=O) groups excluding carboxylic acids is 1. The Morgan fingerprint density at radius 1 is 1.20 bits per heavy atom. The van der Waals surface area contributed by atoms with Crippen molar-refractivity contribution in [1.82, 2.24) is 0 Å². The molecule has 0 bridgehead atoms. The first-order valence-electron chi connectivity index (χ1n) is 5.97. The zero-order valence-electron chi connectivity index (χ0n) is 9.01. The van der Waals surface area contributed by atoms with Crippen molar-refractivity contribution in [2.24, 2.45) is 29.6 Å². The van der Waals surface area contributed by atoms with Gasteiger partial charge in [0.2, 0.25) is 0 Å². The highest BCUT2D eigenvalue weighted by atomic mass is 16.3. The van der Waals surface area contributed by atoms with E-state index in [9.17, 15) is 9.90 Å². The minimum absolute atomic E-state index is 0.0729. The van der Waals surface area contributed by atoms with Crippen LogP contribution in [0.1, 0.15) is 25.7 Å². The van der Waals surface area contributed by atoms with Crippen LogP contribution < -0.4 is 0 Å². The summed E-state index contributed by atoms with van der Waals surface area (Å²) in [6.45, 7) is 0.417. The van der Waals surface area contributed by atoms with Crippen molar-refractivity contribution in [3.63, 3.8) is 0 Å². The van der Waals surface area contributed by atoms with Gasteiger partial charge >= 0.3 is 0 Å². The molecule has 2 N–H and O–H groups in total. The fraction of sp³-hybridized carbons (Fsp3) is 0.917. The van der Waals surface area contributed by atoms with Gasteiger partial charge in [0, 0.05) is 19.1 Å². The van der Waals surface area contributed by atoms with E-state index in [1.54, 1.807) is 0 Å². The minimum atomic E-state index is 0.0729. The largest absolute Gasteiger partial charge is 0.396 e. The molecule has 0 heterocycles. The first kappa shape index (κ1) is 11.1. The topological polar surface area (TPSA) is 57.5 Å². The Bertz CT molecular complexity index is 229. The molecule has 3 heteroatoms. The normalized spacial score (nSPS) is 44.3. The van der Waals surface area contributed by atoms with Crippen LogP contribution in [-0.2, 0) is 4.79 Å². The third-order valence-electron chi connectivity index (χ3n) is 4.42. The van der Waals surface area contributed by atoms with E-state index in [0.29, 0.717) is 17.8 Å². The standard InChI is InChI=1S/C12H20O3/c13-2-1-8-3-9-5-10(6-14)12(7-15)11(9)4-8/h7-14H,1-6H2/t8-,9+,10+,11+,12+/m1/s1. The predicted octanol–water partition coefficient (Wildman–Crippen LogP) is 0.839. The molecule has 2 rings (SSSR count). The molecule has 2 fully saturated rings. The summed E-state index contributed by atoms with van der Waals surface area (Å²) < 4.78 is 0. The van der Waals surface area contributed by atoms with Crippen molar-refractivity contribution < 1.29 is 15.0 Å². The first-order chi connectivity index (χ1) is 7.30. The average molecular weight is 212 g/mol. The monoisotopic (exact) mass is 212 g/mol. The molecule has 2 aliphatic rings. The summed E-state index contributed by atoms with van der Waals surface area (Å²) in [5, 5.41) is 18.1. The molecule has 0 aromatic heterocycles. The van der Waals surface area contributed by atoms with E-state index < -0.39 is 0 Å². The SMILES string of the molecule is O=C[C@H]1[C@H](CO)C[C@@H]2C[C@@H](CCO)C[C@@H]21. The molecular weight excluding hydrogens is 192 g/mol. The maximum Gasteiger partial charge on any atom is 0.123 e. The third kappa shape index (κ3) is 1.95. The van der Waals surface area contributed by atoms with E-state index in [0.717, 1.165) is 32.0 Å². The fourth-order valence-corrected chi connectivity index (χ4v) is 3.74. The van der Waals surface area contributed by atoms with Crippen molar-refractivity contribution in [1.29, 1.82) is 0 Å². The zero-order valence-corrected chi connectivity index (χ0v) is 9.01. The van der Waals surface area contributed by atoms with Crippen molar-refractivity contribution >= 4 is 6.29 Å². The van der Waals surface area contributed by atoms with Crippen LogP contribution in [-0.4, -0.2) is 29.7 Å². The first-order valence-corrected chi connectivity index (χ1v) is 5.97. The van der Waals surface area contributed by atoms with Gasteiger partial charge in [-0.25, -0.2) is 0 Å². The van der Waals surface area contributed by atoms with Crippen molar-refractivity contribution in [3.8, 4) is 0 Å². The fourth-order valence-electron chi connectivity index (χ4n) is 3.74. The molecule has 0 aromatic carbocycles. The average Bonchev–Trinajstić information content (AvgIpc) is 2.74. The van der Waals surface area contributed by atoms with Crippen LogP contribution in [0.25, 0.3) is 0 Å². The summed E-state index contributed by atoms with van der Waals surface area (Å²) in [6.07, 6.45) is 5.15. The van der Waals surface area contributed by atoms with Crippen molar-refractivity contribution in [3.05, 3.63) is 0 Å². The van der Waals surface area contributed by atoms with Gasteiger partial charge < -0.3 is 15.0 Å². The van der Waals surface area contributed by atoms with Gasteiger partial charge in [-0.2, -0.15) is 0 Å². The summed E-state index contributed by atoms with van der Waals surface area (Å²) in [6, 6.07) is 0. The lowest BCUT2D eigenvalue weighted by Crippen LogP contribution is -2.19. The van der Waals surface area contributed by atoms with Gasteiger partial charge in [-0.05, 0) is 49.4 Å². The molecule has 0 spiro atoms. The number of aliphatic hydroxyl groups is 2. The molecule has 0 unspecified atom stereocenters. The molecular formula is C12H20O3. The second-order valence-corrected chi connectivity index (χ2v) is 5.17. The number of hydrogen-bond acceptors (Lipinski definition) is 3. The Morgan fingerprint density at radius 3 is 2.60 bits per heavy atom. The minimum Gasteiger partial charge on any atom is -0.396 e. The molecule has 0 aromatic rings. The quantitative estimate of drug-likeness (QED) is 0.679. The van der Waals surface area contributed by atoms with Gasteiger partial charge in [0.05, 0.1) is 0 Å². The summed E-state index contributed by atoms with van der Waals surface area (Å²) in [5.74, 6) is 1.98. The molecule has 15 heavy (non-hydrogen) atoms. The van der Waals surface area contributed by atoms with E-state index in [4.69, 9.17) is 5.11 Å². The maximum absolute atomic E-state index is 11.0. The second kappa shape index (κ2) is 4.62. The van der Waals surface area contributed by atoms with Gasteiger partial charge in [0.25, 0.3) is 0 Å². The van der Waals surface area contributed by atoms with Crippen LogP contribution >= 0.6 is 0 Å². The summed E-state index contributed by atoms with van der Waals surface area (Å²) in [5.41, 5.74) is 0. The number of aldehydes is 1. The highest BCUT2D eigenvalue weighted by Crippen LogP contribution is 2.52. The molecule has 2 aliphatic carbocycles. The van der Waals surface area contributed by atoms with Crippen LogP contribution in [0.4, 0.5) is 0 Å². The van der Waals surface area contributed by atoms with Gasteiger partial charge in [0.1, 0.15) is 6.29 Å². The maximum atomic E-state index is 11.0. The summed E-state index contributed by atoms with van der Waals surface area (Å²) >= 11 is 0. The van der Waals surface area contributed by atoms with Gasteiger partial charge in [-0.15, -0.1) is 0 Å². The Morgan fingerprint density at radius 2 is 2.00 bits per heavy atom. The Hall–Kier alpha value is -0.410. The smallest absolute Gasteiger partial charge is 0.123 e. The van der Waals surface area contributed by atoms with Gasteiger partial charge in [-0.3, -0.25) is 0 Å². The zero-order chi connectivity index (χ0) is 10.8. The van der Waals surface area contributed by atoms with Crippen molar-refractivity contribution in [2.45, 2.75) is 25.7 Å². The van der Waals surface area contributed by atoms with E-state index in [2.05, 4.69) is 0 Å². The van der Waals surface area contributed by atoms with E-state index in [1.165, 1.54) is 0 Å². The molecule has 2 saturated carbocycles. The van der Waals surface area contributed by atoms with Crippen LogP contribution in [0.3, 0.4) is 0 Å². The lowest BCUT2D eigenvalue weighted by Gasteiger charge is -2.17. The number of rotatable bonds is 4. The predicted molar refractivity (Wildman–Crippen MR) is 56.2 cm³/mol. The molecule has 5 atom stereocenters. The van der Waals surface area contributed by atoms with Crippen LogP contribution in [0.5, 0.6) is 0 Å². The summed E-state index contributed by atoms with van der Waals surface area (Å²) in [4.78, 5) is 11.0. The van der Waals surface area contributed by atoms with Crippen LogP contribution in [0, 0.1) is 29.6 Å². The lowest BCUT2D eigenvalue weighted by atomic mass is 9.87. The molecule has 86 valence electrons. The molecule has 0 radical (unpaired) electrons. The van der Waals surface area contributed by atoms with Gasteiger partial charge in [0.15, 0.2) is 0 Å². The number of hydrogen-bond donors (Lipinski definition) is 2. The van der Waals surface area contributed by atoms with E-state index >= 15 is 0 Å². The lowest BCUT2D eigenvalue weighted by molar-refractivity contribution is -0.113. The van der Waals surface area contributed by atoms with Crippen LogP contribution in [0.15, 0.2) is 0 Å². The Kier molecular flexibility index (Phi) is 3.42. The van der Waals surface area contributed by atoms with E-state index in [-0.39, 0.29) is 25.0 Å². The number of fused-ring (bicyclic) bond motifs is 1. The Balaban J connectivity index is 1.98. The molecule has 0 saturated heterocycles. The second-order valence-electron chi connectivity index (χ2n) is 5.17. The molecule has 3 nitrogen and oxygen atoms in total. The number of aliphatic hydroxyl groups excluding tert-OH is 2. The highest BCUT2D eigenvalue weighted by Gasteiger charge is 2.47. The number of carbonyl (C=O) groups is 1. The van der Waals surface area contributed by atoms with Gasteiger partial charge in [-0.1, -0.05) is 0 Å². The third-order valence-corrected chi connectivity index (χ3v) is 4.42. The van der Waals surface area contributed by atoms with Crippen LogP contribution in [0.2, 0.25) is 0 Å². The highest BCUT2D eigenvalue weighted by molar-refractivity contribution is 5.55. The molecule has 0 aliphatic heterocycles.